The van der Waals surface area contributed by atoms with E-state index < -0.39 is 6.09 Å². The summed E-state index contributed by atoms with van der Waals surface area (Å²) in [5, 5.41) is 5.78. The fourth-order valence-electron chi connectivity index (χ4n) is 2.20. The molecule has 2 aromatic carbocycles. The Balaban J connectivity index is 1.70. The summed E-state index contributed by atoms with van der Waals surface area (Å²) in [5.74, 6) is -0.271. The molecule has 1 fully saturated rings. The third kappa shape index (κ3) is 3.04. The Morgan fingerprint density at radius 1 is 1.18 bits per heavy atom. The lowest BCUT2D eigenvalue weighted by Gasteiger charge is -2.10. The third-order valence-electron chi connectivity index (χ3n) is 3.34. The highest BCUT2D eigenvalue weighted by molar-refractivity contribution is 6.34. The molecule has 112 valence electrons. The van der Waals surface area contributed by atoms with Gasteiger partial charge in [0.15, 0.2) is 0 Å². The summed E-state index contributed by atoms with van der Waals surface area (Å²) in [4.78, 5) is 23.2. The number of cyclic esters (lactones) is 1. The number of benzene rings is 2. The number of hydrogen-bond acceptors (Lipinski definition) is 3. The Kier molecular flexibility index (Phi) is 3.98. The SMILES string of the molecule is O=C1NCC(c2ccc(NC(=O)c3ccccc3Cl)cc2)O1. The van der Waals surface area contributed by atoms with Crippen LogP contribution >= 0.6 is 11.6 Å². The van der Waals surface area contributed by atoms with Crippen LogP contribution in [0.5, 0.6) is 0 Å². The molecule has 6 heteroatoms. The van der Waals surface area contributed by atoms with Crippen molar-refractivity contribution >= 4 is 29.3 Å². The number of ether oxygens (including phenoxy) is 1. The summed E-state index contributed by atoms with van der Waals surface area (Å²) in [6, 6.07) is 14.0. The number of carbonyl (C=O) groups is 2. The molecule has 1 saturated heterocycles. The van der Waals surface area contributed by atoms with Crippen LogP contribution in [0.15, 0.2) is 48.5 Å². The number of anilines is 1. The summed E-state index contributed by atoms with van der Waals surface area (Å²) in [6.45, 7) is 0.449. The summed E-state index contributed by atoms with van der Waals surface area (Å²) in [7, 11) is 0. The van der Waals surface area contributed by atoms with E-state index in [4.69, 9.17) is 16.3 Å². The van der Waals surface area contributed by atoms with E-state index in [1.54, 1.807) is 36.4 Å². The van der Waals surface area contributed by atoms with Crippen LogP contribution < -0.4 is 10.6 Å². The number of alkyl carbamates (subject to hydrolysis) is 1. The van der Waals surface area contributed by atoms with E-state index in [1.807, 2.05) is 12.1 Å². The van der Waals surface area contributed by atoms with E-state index in [2.05, 4.69) is 10.6 Å². The molecule has 0 saturated carbocycles. The normalized spacial score (nSPS) is 16.8. The monoisotopic (exact) mass is 316 g/mol. The Bertz CT molecular complexity index is 716. The zero-order valence-electron chi connectivity index (χ0n) is 11.5. The number of nitrogens with one attached hydrogen (secondary N) is 2. The Hall–Kier alpha value is -2.53. The first-order chi connectivity index (χ1) is 10.6. The molecular formula is C16H13ClN2O3. The first kappa shape index (κ1) is 14.4. The molecule has 0 radical (unpaired) electrons. The molecule has 1 atom stereocenters. The van der Waals surface area contributed by atoms with Crippen LogP contribution in [-0.2, 0) is 4.74 Å². The fourth-order valence-corrected chi connectivity index (χ4v) is 2.42. The Morgan fingerprint density at radius 2 is 1.91 bits per heavy atom. The average Bonchev–Trinajstić information content (AvgIpc) is 2.95. The second-order valence-corrected chi connectivity index (χ2v) is 5.24. The van der Waals surface area contributed by atoms with E-state index in [0.717, 1.165) is 5.56 Å². The molecule has 2 aromatic rings. The zero-order valence-corrected chi connectivity index (χ0v) is 12.3. The molecule has 0 bridgehead atoms. The van der Waals surface area contributed by atoms with E-state index in [0.29, 0.717) is 22.8 Å². The van der Waals surface area contributed by atoms with Gasteiger partial charge in [0.2, 0.25) is 0 Å². The predicted molar refractivity (Wildman–Crippen MR) is 83.1 cm³/mol. The number of rotatable bonds is 3. The maximum Gasteiger partial charge on any atom is 0.407 e. The van der Waals surface area contributed by atoms with Crippen molar-refractivity contribution in [1.29, 1.82) is 0 Å². The standard InChI is InChI=1S/C16H13ClN2O3/c17-13-4-2-1-3-12(13)15(20)19-11-7-5-10(6-8-11)14-9-18-16(21)22-14/h1-8,14H,9H2,(H,18,21)(H,19,20). The van der Waals surface area contributed by atoms with E-state index in [-0.39, 0.29) is 12.0 Å². The van der Waals surface area contributed by atoms with Crippen LogP contribution in [0, 0.1) is 0 Å². The topological polar surface area (TPSA) is 67.4 Å². The lowest BCUT2D eigenvalue weighted by molar-refractivity contribution is 0.102. The van der Waals surface area contributed by atoms with Crippen molar-refractivity contribution in [2.75, 3.05) is 11.9 Å². The van der Waals surface area contributed by atoms with Crippen molar-refractivity contribution in [2.45, 2.75) is 6.10 Å². The number of carbonyl (C=O) groups excluding carboxylic acids is 2. The Morgan fingerprint density at radius 3 is 2.55 bits per heavy atom. The second kappa shape index (κ2) is 6.07. The third-order valence-corrected chi connectivity index (χ3v) is 3.67. The zero-order chi connectivity index (χ0) is 15.5. The maximum atomic E-state index is 12.1. The van der Waals surface area contributed by atoms with Crippen LogP contribution in [-0.4, -0.2) is 18.5 Å². The van der Waals surface area contributed by atoms with Crippen molar-refractivity contribution in [1.82, 2.24) is 5.32 Å². The molecule has 0 aliphatic carbocycles. The molecule has 1 aliphatic heterocycles. The van der Waals surface area contributed by atoms with Crippen LogP contribution in [0.4, 0.5) is 10.5 Å². The first-order valence-corrected chi connectivity index (χ1v) is 7.11. The number of halogens is 1. The van der Waals surface area contributed by atoms with E-state index >= 15 is 0 Å². The van der Waals surface area contributed by atoms with Crippen molar-refractivity contribution in [3.63, 3.8) is 0 Å². The molecule has 0 aromatic heterocycles. The van der Waals surface area contributed by atoms with Crippen LogP contribution in [0.2, 0.25) is 5.02 Å². The lowest BCUT2D eigenvalue weighted by atomic mass is 10.1. The number of hydrogen-bond donors (Lipinski definition) is 2. The van der Waals surface area contributed by atoms with Crippen molar-refractivity contribution in [3.8, 4) is 0 Å². The van der Waals surface area contributed by atoms with E-state index in [1.165, 1.54) is 0 Å². The lowest BCUT2D eigenvalue weighted by Crippen LogP contribution is -2.13. The van der Waals surface area contributed by atoms with Gasteiger partial charge in [0.25, 0.3) is 5.91 Å². The highest BCUT2D eigenvalue weighted by Gasteiger charge is 2.23. The van der Waals surface area contributed by atoms with Crippen molar-refractivity contribution in [2.24, 2.45) is 0 Å². The summed E-state index contributed by atoms with van der Waals surface area (Å²) in [6.07, 6.45) is -0.707. The predicted octanol–water partition coefficient (Wildman–Crippen LogP) is 3.37. The highest BCUT2D eigenvalue weighted by Crippen LogP contribution is 2.23. The van der Waals surface area contributed by atoms with Gasteiger partial charge in [-0.25, -0.2) is 4.79 Å². The maximum absolute atomic E-state index is 12.1. The molecule has 22 heavy (non-hydrogen) atoms. The van der Waals surface area contributed by atoms with Crippen molar-refractivity contribution < 1.29 is 14.3 Å². The molecule has 1 unspecified atom stereocenters. The van der Waals surface area contributed by atoms with Gasteiger partial charge in [0, 0.05) is 5.69 Å². The van der Waals surface area contributed by atoms with Gasteiger partial charge in [-0.3, -0.25) is 4.79 Å². The van der Waals surface area contributed by atoms with Crippen molar-refractivity contribution in [3.05, 3.63) is 64.7 Å². The molecule has 2 amide bonds. The van der Waals surface area contributed by atoms with E-state index in [9.17, 15) is 9.59 Å². The molecule has 1 aliphatic rings. The second-order valence-electron chi connectivity index (χ2n) is 4.83. The van der Waals surface area contributed by atoms with Gasteiger partial charge in [-0.05, 0) is 29.8 Å². The minimum absolute atomic E-state index is 0.271. The molecule has 1 heterocycles. The smallest absolute Gasteiger partial charge is 0.407 e. The highest BCUT2D eigenvalue weighted by atomic mass is 35.5. The summed E-state index contributed by atoms with van der Waals surface area (Å²) in [5.41, 5.74) is 1.93. The first-order valence-electron chi connectivity index (χ1n) is 6.74. The van der Waals surface area contributed by atoms with Crippen LogP contribution in [0.1, 0.15) is 22.0 Å². The minimum Gasteiger partial charge on any atom is -0.439 e. The van der Waals surface area contributed by atoms with Gasteiger partial charge >= 0.3 is 6.09 Å². The summed E-state index contributed by atoms with van der Waals surface area (Å²) < 4.78 is 5.10. The molecule has 3 rings (SSSR count). The van der Waals surface area contributed by atoms with Gasteiger partial charge in [-0.2, -0.15) is 0 Å². The molecule has 5 nitrogen and oxygen atoms in total. The number of amides is 2. The van der Waals surface area contributed by atoms with Gasteiger partial charge < -0.3 is 15.4 Å². The largest absolute Gasteiger partial charge is 0.439 e. The molecule has 2 N–H and O–H groups in total. The Labute approximate surface area is 132 Å². The van der Waals surface area contributed by atoms with Crippen LogP contribution in [0.25, 0.3) is 0 Å². The van der Waals surface area contributed by atoms with Crippen LogP contribution in [0.3, 0.4) is 0 Å². The van der Waals surface area contributed by atoms with Gasteiger partial charge in [0.1, 0.15) is 6.10 Å². The van der Waals surface area contributed by atoms with Gasteiger partial charge in [0.05, 0.1) is 17.1 Å². The minimum atomic E-state index is -0.416. The quantitative estimate of drug-likeness (QED) is 0.912. The summed E-state index contributed by atoms with van der Waals surface area (Å²) >= 11 is 5.99. The van der Waals surface area contributed by atoms with Gasteiger partial charge in [-0.1, -0.05) is 35.9 Å². The fraction of sp³-hybridized carbons (Fsp3) is 0.125. The molecular weight excluding hydrogens is 304 g/mol. The van der Waals surface area contributed by atoms with Gasteiger partial charge in [-0.15, -0.1) is 0 Å². The molecule has 0 spiro atoms. The average molecular weight is 317 g/mol.